The number of hydrogen-bond donors (Lipinski definition) is 3. The zero-order chi connectivity index (χ0) is 13.4. The van der Waals surface area contributed by atoms with Crippen LogP contribution >= 0.6 is 12.3 Å². The third-order valence-electron chi connectivity index (χ3n) is 1.47. The summed E-state index contributed by atoms with van der Waals surface area (Å²) in [6, 6.07) is 10.5. The van der Waals surface area contributed by atoms with E-state index in [4.69, 9.17) is 24.4 Å². The van der Waals surface area contributed by atoms with Crippen molar-refractivity contribution in [3.05, 3.63) is 35.9 Å². The van der Waals surface area contributed by atoms with E-state index in [1.54, 1.807) is 0 Å². The predicted octanol–water partition coefficient (Wildman–Crippen LogP) is -0.886. The van der Waals surface area contributed by atoms with Gasteiger partial charge in [-0.15, -0.1) is 0 Å². The molecule has 94 valence electrons. The van der Waals surface area contributed by atoms with E-state index < -0.39 is 0 Å². The fraction of sp³-hybridized carbons (Fsp3) is 0.300. The molecule has 0 aromatic heterocycles. The van der Waals surface area contributed by atoms with Crippen molar-refractivity contribution < 1.29 is 54.0 Å². The summed E-state index contributed by atoms with van der Waals surface area (Å²) >= 11 is -0.250. The maximum Gasteiger partial charge on any atom is 1.00 e. The van der Waals surface area contributed by atoms with Crippen LogP contribution in [-0.4, -0.2) is 21.2 Å². The Bertz CT molecular complexity index is 211. The van der Waals surface area contributed by atoms with E-state index in [9.17, 15) is 0 Å². The average Bonchev–Trinajstić information content (AvgIpc) is 2.36. The van der Waals surface area contributed by atoms with Crippen LogP contribution in [0.1, 0.15) is 25.3 Å². The summed E-state index contributed by atoms with van der Waals surface area (Å²) in [6.07, 6.45) is 0. The fourth-order valence-corrected chi connectivity index (χ4v) is 0.838. The second-order valence-corrected chi connectivity index (χ2v) is 2.81. The van der Waals surface area contributed by atoms with Crippen LogP contribution in [0.5, 0.6) is 0 Å². The number of rotatable bonds is 1. The summed E-state index contributed by atoms with van der Waals surface area (Å²) in [4.78, 5) is 8.00. The first kappa shape index (κ1) is 25.8. The first-order valence-corrected chi connectivity index (χ1v) is 4.92. The molecule has 0 aliphatic carbocycles. The maximum atomic E-state index is 8.00. The van der Waals surface area contributed by atoms with Crippen LogP contribution in [0.3, 0.4) is 0 Å². The molecule has 1 aromatic carbocycles. The third kappa shape index (κ3) is 21.8. The van der Waals surface area contributed by atoms with Gasteiger partial charge in [0.05, 0.1) is 0 Å². The van der Waals surface area contributed by atoms with Gasteiger partial charge in [0.25, 0.3) is 0 Å². The summed E-state index contributed by atoms with van der Waals surface area (Å²) in [6.45, 7) is 6.41. The quantitative estimate of drug-likeness (QED) is 0.265. The van der Waals surface area contributed by atoms with Crippen LogP contribution in [0, 0.1) is 0 Å². The van der Waals surface area contributed by atoms with E-state index in [-0.39, 0.29) is 41.9 Å². The Morgan fingerprint density at radius 1 is 1.12 bits per heavy atom. The normalized spacial score (nSPS) is 7.00. The van der Waals surface area contributed by atoms with Crippen molar-refractivity contribution in [1.29, 1.82) is 0 Å². The Balaban J connectivity index is -0.0000000911. The first-order chi connectivity index (χ1) is 7.72. The van der Waals surface area contributed by atoms with Gasteiger partial charge in [-0.25, -0.2) is 0 Å². The second kappa shape index (κ2) is 25.1. The maximum absolute atomic E-state index is 8.00. The van der Waals surface area contributed by atoms with Gasteiger partial charge in [-0.3, -0.25) is 0 Å². The summed E-state index contributed by atoms with van der Waals surface area (Å²) < 4.78 is 14.1. The van der Waals surface area contributed by atoms with Crippen LogP contribution in [0.4, 0.5) is 0 Å². The van der Waals surface area contributed by atoms with Crippen molar-refractivity contribution in [3.63, 3.8) is 0 Å². The number of hydrogen-bond acceptors (Lipinski definition) is 6. The van der Waals surface area contributed by atoms with E-state index in [1.165, 1.54) is 5.56 Å². The summed E-state index contributed by atoms with van der Waals surface area (Å²) in [7, 11) is 0. The van der Waals surface area contributed by atoms with Crippen molar-refractivity contribution in [2.75, 3.05) is 0 Å². The van der Waals surface area contributed by atoms with Crippen LogP contribution in [0.15, 0.2) is 30.3 Å². The molecule has 0 heterocycles. The summed E-state index contributed by atoms with van der Waals surface area (Å²) in [5, 5.41) is 13.0. The molecule has 0 unspecified atom stereocenters. The largest absolute Gasteiger partial charge is 1.00 e. The van der Waals surface area contributed by atoms with E-state index in [0.717, 1.165) is 0 Å². The molecule has 3 N–H and O–H groups in total. The number of carbonyl (C=O) groups excluding carboxylic acids is 1. The van der Waals surface area contributed by atoms with Crippen LogP contribution < -0.4 is 34.8 Å². The van der Waals surface area contributed by atoms with Crippen LogP contribution in [-0.2, 0) is 4.79 Å². The van der Waals surface area contributed by atoms with Gasteiger partial charge in [-0.1, -0.05) is 44.2 Å². The van der Waals surface area contributed by atoms with Crippen molar-refractivity contribution in [3.8, 4) is 0 Å². The van der Waals surface area contributed by atoms with Gasteiger partial charge in [0, 0.05) is 0 Å². The minimum Gasteiger partial charge on any atom is -0.727 e. The monoisotopic (exact) mass is 272 g/mol. The molecule has 0 aliphatic rings. The number of benzene rings is 1. The molecule has 0 saturated heterocycles. The van der Waals surface area contributed by atoms with E-state index in [1.807, 2.05) is 12.9 Å². The molecule has 0 saturated carbocycles. The van der Waals surface area contributed by atoms with E-state index in [2.05, 4.69) is 38.1 Å². The molecule has 1 aromatic rings. The van der Waals surface area contributed by atoms with Crippen LogP contribution in [0.2, 0.25) is 0 Å². The van der Waals surface area contributed by atoms with Crippen LogP contribution in [0.25, 0.3) is 0 Å². The predicted molar refractivity (Wildman–Crippen MR) is 63.1 cm³/mol. The van der Waals surface area contributed by atoms with Gasteiger partial charge >= 0.3 is 29.6 Å². The molecule has 17 heavy (non-hydrogen) atoms. The van der Waals surface area contributed by atoms with E-state index >= 15 is 0 Å². The van der Waals surface area contributed by atoms with Crippen molar-refractivity contribution >= 4 is 19.1 Å². The van der Waals surface area contributed by atoms with Gasteiger partial charge in [0.1, 0.15) is 6.79 Å². The zero-order valence-electron chi connectivity index (χ0n) is 10.2. The van der Waals surface area contributed by atoms with E-state index in [0.29, 0.717) is 5.92 Å². The Labute approximate surface area is 128 Å². The van der Waals surface area contributed by atoms with Gasteiger partial charge in [-0.2, -0.15) is 0 Å². The van der Waals surface area contributed by atoms with Gasteiger partial charge in [0.2, 0.25) is 0 Å². The molecule has 0 aliphatic heterocycles. The summed E-state index contributed by atoms with van der Waals surface area (Å²) in [5.74, 6) is 0.659. The minimum atomic E-state index is -0.250. The zero-order valence-corrected chi connectivity index (χ0v) is 13.1. The average molecular weight is 272 g/mol. The van der Waals surface area contributed by atoms with Crippen molar-refractivity contribution in [2.24, 2.45) is 0 Å². The minimum absolute atomic E-state index is 0. The molecule has 0 amide bonds. The van der Waals surface area contributed by atoms with Gasteiger partial charge < -0.3 is 24.4 Å². The number of carbonyl (C=O) groups is 1. The molecule has 0 atom stereocenters. The molecule has 0 radical (unpaired) electrons. The molecule has 5 nitrogen and oxygen atoms in total. The third-order valence-corrected chi connectivity index (χ3v) is 1.47. The molecular weight excluding hydrogens is 255 g/mol. The fourth-order valence-electron chi connectivity index (χ4n) is 0.838. The molecule has 1 rings (SSSR count). The first-order valence-electron chi connectivity index (χ1n) is 4.19. The molecule has 0 bridgehead atoms. The molecule has 0 spiro atoms. The Morgan fingerprint density at radius 2 is 1.41 bits per heavy atom. The topological polar surface area (TPSA) is 101 Å². The SMILES string of the molecule is C=O.CC(C)c1ccccc1.OSO.[Na+].[O-]O. The Morgan fingerprint density at radius 3 is 1.59 bits per heavy atom. The Hall–Kier alpha value is 0.0800. The summed E-state index contributed by atoms with van der Waals surface area (Å²) in [5.41, 5.74) is 1.41. The molecular formula is C10H17NaO5S. The van der Waals surface area contributed by atoms with Gasteiger partial charge in [-0.05, 0) is 11.5 Å². The smallest absolute Gasteiger partial charge is 0.727 e. The standard InChI is InChI=1S/C9H12.CH2O.Na.H2O2S.H2O2/c1-8(2)9-6-4-3-5-7-9;1-2;;1-3-2;1-2/h3-8H,1-2H3;1H2;;1-2H;1-2H/q;;+1;;/p-1. The Kier molecular flexibility index (Phi) is 38.0. The molecule has 0 fully saturated rings. The van der Waals surface area contributed by atoms with Gasteiger partial charge in [0.15, 0.2) is 12.3 Å². The molecule has 7 heteroatoms. The second-order valence-electron chi connectivity index (χ2n) is 2.65. The van der Waals surface area contributed by atoms with Crippen molar-refractivity contribution in [2.45, 2.75) is 19.8 Å². The van der Waals surface area contributed by atoms with Crippen molar-refractivity contribution in [1.82, 2.24) is 0 Å².